The molecule has 0 bridgehead atoms. The lowest BCUT2D eigenvalue weighted by Crippen LogP contribution is -2.25. The van der Waals surface area contributed by atoms with E-state index < -0.39 is 17.5 Å². The molecule has 7 nitrogen and oxygen atoms in total. The van der Waals surface area contributed by atoms with Crippen LogP contribution in [0.5, 0.6) is 11.5 Å². The number of nitrogens with zero attached hydrogens (tertiary/aromatic N) is 1. The topological polar surface area (TPSA) is 86.8 Å². The van der Waals surface area contributed by atoms with E-state index in [1.807, 2.05) is 78.9 Å². The van der Waals surface area contributed by atoms with Gasteiger partial charge in [0.05, 0.1) is 23.9 Å². The van der Waals surface area contributed by atoms with E-state index >= 15 is 0 Å². The van der Waals surface area contributed by atoms with E-state index in [0.29, 0.717) is 22.7 Å². The highest BCUT2D eigenvalue weighted by molar-refractivity contribution is 6.10. The summed E-state index contributed by atoms with van der Waals surface area (Å²) < 4.78 is 17.4. The Morgan fingerprint density at radius 3 is 2.23 bits per heavy atom. The molecule has 4 aromatic carbocycles. The van der Waals surface area contributed by atoms with Gasteiger partial charge in [-0.1, -0.05) is 66.7 Å². The van der Waals surface area contributed by atoms with Crippen molar-refractivity contribution in [1.29, 1.82) is 0 Å². The Labute approximate surface area is 257 Å². The number of carbonyl (C=O) groups is 2. The first-order chi connectivity index (χ1) is 21.2. The summed E-state index contributed by atoms with van der Waals surface area (Å²) in [4.78, 5) is 31.6. The minimum absolute atomic E-state index is 0.224. The van der Waals surface area contributed by atoms with Crippen LogP contribution in [-0.2, 0) is 11.3 Å². The molecule has 1 aromatic heterocycles. The highest BCUT2D eigenvalue weighted by Gasteiger charge is 2.24. The minimum Gasteiger partial charge on any atom is -0.496 e. The molecule has 0 radical (unpaired) electrons. The fourth-order valence-corrected chi connectivity index (χ4v) is 4.68. The predicted octanol–water partition coefficient (Wildman–Crippen LogP) is 8.21. The van der Waals surface area contributed by atoms with Crippen molar-refractivity contribution in [1.82, 2.24) is 4.98 Å². The zero-order valence-electron chi connectivity index (χ0n) is 25.2. The molecular weight excluding hydrogens is 552 g/mol. The first-order valence-corrected chi connectivity index (χ1v) is 14.2. The number of carbonyl (C=O) groups excluding carboxylic acids is 2. The van der Waals surface area contributed by atoms with Crippen LogP contribution in [0.25, 0.3) is 22.3 Å². The number of methoxy groups -OCH3 is 1. The van der Waals surface area contributed by atoms with Crippen molar-refractivity contribution in [3.63, 3.8) is 0 Å². The van der Waals surface area contributed by atoms with E-state index in [1.165, 1.54) is 0 Å². The fourth-order valence-electron chi connectivity index (χ4n) is 4.68. The van der Waals surface area contributed by atoms with Crippen molar-refractivity contribution >= 4 is 17.6 Å². The number of esters is 1. The van der Waals surface area contributed by atoms with Gasteiger partial charge in [0.15, 0.2) is 0 Å². The van der Waals surface area contributed by atoms with Crippen LogP contribution in [0.4, 0.5) is 5.69 Å². The van der Waals surface area contributed by atoms with Crippen molar-refractivity contribution in [2.24, 2.45) is 0 Å². The van der Waals surface area contributed by atoms with Gasteiger partial charge in [0.1, 0.15) is 23.7 Å². The number of anilines is 1. The van der Waals surface area contributed by atoms with Crippen LogP contribution < -0.4 is 14.8 Å². The summed E-state index contributed by atoms with van der Waals surface area (Å²) >= 11 is 0. The Morgan fingerprint density at radius 1 is 0.750 bits per heavy atom. The largest absolute Gasteiger partial charge is 0.496 e. The molecule has 0 saturated heterocycles. The molecule has 222 valence electrons. The van der Waals surface area contributed by atoms with E-state index in [2.05, 4.69) is 10.3 Å². The Balaban J connectivity index is 1.56. The third-order valence-corrected chi connectivity index (χ3v) is 6.76. The Kier molecular flexibility index (Phi) is 9.05. The third-order valence-electron chi connectivity index (χ3n) is 6.76. The van der Waals surface area contributed by atoms with Crippen LogP contribution in [0, 0.1) is 0 Å². The Bertz CT molecular complexity index is 1760. The maximum Gasteiger partial charge on any atom is 0.340 e. The molecule has 44 heavy (non-hydrogen) atoms. The van der Waals surface area contributed by atoms with Gasteiger partial charge in [0.2, 0.25) is 0 Å². The van der Waals surface area contributed by atoms with Gasteiger partial charge in [-0.25, -0.2) is 4.79 Å². The van der Waals surface area contributed by atoms with E-state index in [0.717, 1.165) is 27.8 Å². The Hall–Kier alpha value is -5.43. The van der Waals surface area contributed by atoms with Crippen molar-refractivity contribution in [2.45, 2.75) is 33.0 Å². The first kappa shape index (κ1) is 30.0. The molecule has 1 heterocycles. The van der Waals surface area contributed by atoms with Crippen molar-refractivity contribution in [3.8, 4) is 33.8 Å². The number of para-hydroxylation sites is 1. The highest BCUT2D eigenvalue weighted by Crippen LogP contribution is 2.34. The van der Waals surface area contributed by atoms with Crippen molar-refractivity contribution in [2.75, 3.05) is 12.4 Å². The second-order valence-electron chi connectivity index (χ2n) is 11.1. The zero-order chi connectivity index (χ0) is 31.1. The molecule has 0 saturated carbocycles. The normalized spacial score (nSPS) is 11.0. The molecule has 0 unspecified atom stereocenters. The third kappa shape index (κ3) is 7.31. The molecule has 0 aliphatic carbocycles. The number of hydrogen-bond donors (Lipinski definition) is 1. The summed E-state index contributed by atoms with van der Waals surface area (Å²) in [6.07, 6.45) is 3.43. The highest BCUT2D eigenvalue weighted by atomic mass is 16.6. The van der Waals surface area contributed by atoms with Gasteiger partial charge in [-0.05, 0) is 73.9 Å². The van der Waals surface area contributed by atoms with Gasteiger partial charge in [-0.15, -0.1) is 0 Å². The van der Waals surface area contributed by atoms with Gasteiger partial charge < -0.3 is 19.5 Å². The molecule has 0 aliphatic heterocycles. The summed E-state index contributed by atoms with van der Waals surface area (Å²) in [6, 6.07) is 31.7. The number of rotatable bonds is 9. The maximum atomic E-state index is 14.1. The van der Waals surface area contributed by atoms with Crippen LogP contribution in [0.15, 0.2) is 116 Å². The average Bonchev–Trinajstić information content (AvgIpc) is 3.03. The van der Waals surface area contributed by atoms with Gasteiger partial charge in [-0.3, -0.25) is 9.78 Å². The molecule has 5 rings (SSSR count). The molecule has 0 aliphatic rings. The SMILES string of the molecule is COc1ccccc1-c1ccc(C(=O)OC(C)(C)C)c(NC(=O)c2cc(-c3cccnc3)ccc2OCc2ccccc2)c1. The number of ether oxygens (including phenoxy) is 3. The quantitative estimate of drug-likeness (QED) is 0.175. The number of nitrogens with one attached hydrogen (secondary N) is 1. The van der Waals surface area contributed by atoms with E-state index in [4.69, 9.17) is 14.2 Å². The number of aromatic nitrogens is 1. The molecule has 7 heteroatoms. The number of hydrogen-bond acceptors (Lipinski definition) is 6. The molecule has 0 atom stereocenters. The summed E-state index contributed by atoms with van der Waals surface area (Å²) in [6.45, 7) is 5.67. The molecule has 0 spiro atoms. The lowest BCUT2D eigenvalue weighted by Gasteiger charge is -2.21. The van der Waals surface area contributed by atoms with Gasteiger partial charge in [0.25, 0.3) is 5.91 Å². The summed E-state index contributed by atoms with van der Waals surface area (Å²) in [5, 5.41) is 2.98. The number of benzene rings is 4. The Morgan fingerprint density at radius 2 is 1.50 bits per heavy atom. The predicted molar refractivity (Wildman–Crippen MR) is 172 cm³/mol. The minimum atomic E-state index is -0.726. The molecular formula is C37H34N2O5. The van der Waals surface area contributed by atoms with Gasteiger partial charge in [0, 0.05) is 23.5 Å². The van der Waals surface area contributed by atoms with Gasteiger partial charge >= 0.3 is 5.97 Å². The van der Waals surface area contributed by atoms with Crippen LogP contribution in [-0.4, -0.2) is 29.6 Å². The molecule has 1 amide bonds. The van der Waals surface area contributed by atoms with Crippen molar-refractivity contribution in [3.05, 3.63) is 132 Å². The summed E-state index contributed by atoms with van der Waals surface area (Å²) in [5.74, 6) is 0.0686. The fraction of sp³-hybridized carbons (Fsp3) is 0.162. The van der Waals surface area contributed by atoms with Crippen LogP contribution in [0.2, 0.25) is 0 Å². The maximum absolute atomic E-state index is 14.1. The second kappa shape index (κ2) is 13.3. The van der Waals surface area contributed by atoms with Crippen LogP contribution in [0.3, 0.4) is 0 Å². The lowest BCUT2D eigenvalue weighted by molar-refractivity contribution is 0.00707. The standard InChI is InChI=1S/C37H34N2O5/c1-37(2,3)44-36(41)30-18-16-27(29-14-8-9-15-33(29)42-4)22-32(30)39-35(40)31-21-26(28-13-10-20-38-23-28)17-19-34(31)43-24-25-11-6-5-7-12-25/h5-23H,24H2,1-4H3,(H,39,40). The smallest absolute Gasteiger partial charge is 0.340 e. The molecule has 1 N–H and O–H groups in total. The van der Waals surface area contributed by atoms with E-state index in [9.17, 15) is 9.59 Å². The van der Waals surface area contributed by atoms with Crippen LogP contribution >= 0.6 is 0 Å². The summed E-state index contributed by atoms with van der Waals surface area (Å²) in [7, 11) is 1.60. The second-order valence-corrected chi connectivity index (χ2v) is 11.1. The average molecular weight is 587 g/mol. The van der Waals surface area contributed by atoms with Crippen LogP contribution in [0.1, 0.15) is 47.1 Å². The monoisotopic (exact) mass is 586 g/mol. The van der Waals surface area contributed by atoms with Crippen molar-refractivity contribution < 1.29 is 23.8 Å². The number of pyridine rings is 1. The number of amides is 1. The van der Waals surface area contributed by atoms with E-state index in [-0.39, 0.29) is 12.2 Å². The lowest BCUT2D eigenvalue weighted by atomic mass is 10.00. The van der Waals surface area contributed by atoms with Gasteiger partial charge in [-0.2, -0.15) is 0 Å². The molecule has 5 aromatic rings. The first-order valence-electron chi connectivity index (χ1n) is 14.2. The summed E-state index contributed by atoms with van der Waals surface area (Å²) in [5.41, 5.74) is 4.29. The zero-order valence-corrected chi connectivity index (χ0v) is 25.2. The molecule has 0 fully saturated rings. The van der Waals surface area contributed by atoms with E-state index in [1.54, 1.807) is 64.5 Å².